The van der Waals surface area contributed by atoms with Crippen molar-refractivity contribution in [2.45, 2.75) is 25.2 Å². The van der Waals surface area contributed by atoms with Gasteiger partial charge >= 0.3 is 0 Å². The molecule has 2 aliphatic carbocycles. The lowest BCUT2D eigenvalue weighted by molar-refractivity contribution is 0.611. The first-order chi connectivity index (χ1) is 37.9. The highest BCUT2D eigenvalue weighted by atomic mass is 15.0. The van der Waals surface area contributed by atoms with Gasteiger partial charge in [-0.15, -0.1) is 0 Å². The fraction of sp³-hybridized carbons (Fsp3) is 0.0533. The Labute approximate surface area is 451 Å². The number of rotatable bonds is 9. The van der Waals surface area contributed by atoms with E-state index in [1.807, 2.05) is 0 Å². The second-order valence-corrected chi connectivity index (χ2v) is 21.0. The van der Waals surface area contributed by atoms with Crippen LogP contribution in [-0.2, 0) is 5.41 Å². The molecule has 0 amide bonds. The van der Waals surface area contributed by atoms with Crippen molar-refractivity contribution < 1.29 is 0 Å². The second kappa shape index (κ2) is 18.9. The summed E-state index contributed by atoms with van der Waals surface area (Å²) in [6.07, 6.45) is 11.5. The van der Waals surface area contributed by atoms with Crippen LogP contribution >= 0.6 is 0 Å². The molecule has 0 radical (unpaired) electrons. The number of hydrogen-bond donors (Lipinski definition) is 0. The maximum Gasteiger partial charge on any atom is 0.0715 e. The van der Waals surface area contributed by atoms with E-state index < -0.39 is 0 Å². The molecule has 1 atom stereocenters. The number of aromatic nitrogens is 2. The molecule has 1 unspecified atom stereocenters. The lowest BCUT2D eigenvalue weighted by Crippen LogP contribution is -2.26. The van der Waals surface area contributed by atoms with Crippen LogP contribution in [0.25, 0.3) is 117 Å². The van der Waals surface area contributed by atoms with Crippen molar-refractivity contribution in [1.29, 1.82) is 0 Å². The zero-order chi connectivity index (χ0) is 51.5. The maximum absolute atomic E-state index is 5.42. The molecular formula is C75H54N2. The van der Waals surface area contributed by atoms with Crippen molar-refractivity contribution in [3.05, 3.63) is 302 Å². The molecule has 2 heterocycles. The molecule has 364 valence electrons. The molecule has 2 nitrogen and oxygen atoms in total. The Hall–Kier alpha value is -9.63. The molecule has 2 heteroatoms. The van der Waals surface area contributed by atoms with Crippen LogP contribution in [0.4, 0.5) is 0 Å². The Morgan fingerprint density at radius 3 is 1.65 bits per heavy atom. The van der Waals surface area contributed by atoms with E-state index in [-0.39, 0.29) is 11.3 Å². The predicted molar refractivity (Wildman–Crippen MR) is 324 cm³/mol. The Kier molecular flexibility index (Phi) is 11.3. The third-order valence-electron chi connectivity index (χ3n) is 16.1. The zero-order valence-corrected chi connectivity index (χ0v) is 43.1. The molecular weight excluding hydrogens is 929 g/mol. The van der Waals surface area contributed by atoms with Gasteiger partial charge in [0, 0.05) is 38.9 Å². The van der Waals surface area contributed by atoms with Gasteiger partial charge in [0.1, 0.15) is 0 Å². The van der Waals surface area contributed by atoms with E-state index in [1.165, 1.54) is 55.2 Å². The van der Waals surface area contributed by atoms with Gasteiger partial charge in [0.25, 0.3) is 0 Å². The number of hydrogen-bond acceptors (Lipinski definition) is 1. The van der Waals surface area contributed by atoms with Gasteiger partial charge in [-0.05, 0) is 144 Å². The van der Waals surface area contributed by atoms with E-state index >= 15 is 0 Å². The highest BCUT2D eigenvalue weighted by Crippen LogP contribution is 2.50. The minimum Gasteiger partial charge on any atom is -0.309 e. The minimum atomic E-state index is -0.146. The number of pyridine rings is 1. The molecule has 77 heavy (non-hydrogen) atoms. The predicted octanol–water partition coefficient (Wildman–Crippen LogP) is 19.9. The van der Waals surface area contributed by atoms with Gasteiger partial charge in [0.05, 0.1) is 22.4 Å². The fourth-order valence-corrected chi connectivity index (χ4v) is 12.2. The number of allylic oxidation sites excluding steroid dienone is 6. The van der Waals surface area contributed by atoms with E-state index in [0.717, 1.165) is 78.3 Å². The summed E-state index contributed by atoms with van der Waals surface area (Å²) in [6, 6.07) is 93.3. The van der Waals surface area contributed by atoms with Gasteiger partial charge in [-0.2, -0.15) is 0 Å². The van der Waals surface area contributed by atoms with Crippen LogP contribution in [0.15, 0.2) is 291 Å². The maximum atomic E-state index is 5.42. The summed E-state index contributed by atoms with van der Waals surface area (Å²) in [5, 5.41) is 2.54. The summed E-state index contributed by atoms with van der Waals surface area (Å²) >= 11 is 0. The molecule has 12 aromatic rings. The van der Waals surface area contributed by atoms with Crippen molar-refractivity contribution >= 4 is 21.8 Å². The molecule has 0 fully saturated rings. The van der Waals surface area contributed by atoms with Crippen molar-refractivity contribution in [2.75, 3.05) is 0 Å². The molecule has 0 N–H and O–H groups in total. The van der Waals surface area contributed by atoms with Crippen LogP contribution in [0.5, 0.6) is 0 Å². The van der Waals surface area contributed by atoms with E-state index in [2.05, 4.69) is 304 Å². The van der Waals surface area contributed by atoms with Gasteiger partial charge in [-0.3, -0.25) is 0 Å². The summed E-state index contributed by atoms with van der Waals surface area (Å²) < 4.78 is 2.48. The number of para-hydroxylation sites is 1. The van der Waals surface area contributed by atoms with Crippen molar-refractivity contribution in [3.63, 3.8) is 0 Å². The first-order valence-electron chi connectivity index (χ1n) is 26.8. The number of benzene rings is 10. The molecule has 2 aliphatic rings. The Morgan fingerprint density at radius 1 is 0.377 bits per heavy atom. The van der Waals surface area contributed by atoms with E-state index in [1.54, 1.807) is 0 Å². The summed E-state index contributed by atoms with van der Waals surface area (Å²) in [4.78, 5) is 5.42. The molecule has 0 spiro atoms. The lowest BCUT2D eigenvalue weighted by atomic mass is 9.68. The van der Waals surface area contributed by atoms with Gasteiger partial charge < -0.3 is 4.57 Å². The average molecular weight is 983 g/mol. The second-order valence-electron chi connectivity index (χ2n) is 21.0. The lowest BCUT2D eigenvalue weighted by Gasteiger charge is -2.35. The summed E-state index contributed by atoms with van der Waals surface area (Å²) in [5.41, 5.74) is 25.4. The highest BCUT2D eigenvalue weighted by Gasteiger charge is 2.35. The van der Waals surface area contributed by atoms with E-state index in [4.69, 9.17) is 4.98 Å². The minimum absolute atomic E-state index is 0.146. The third kappa shape index (κ3) is 8.18. The topological polar surface area (TPSA) is 17.8 Å². The quantitative estimate of drug-likeness (QED) is 0.141. The van der Waals surface area contributed by atoms with Crippen LogP contribution in [0.3, 0.4) is 0 Å². The Balaban J connectivity index is 0.994. The van der Waals surface area contributed by atoms with Gasteiger partial charge in [0.2, 0.25) is 0 Å². The standard InChI is InChI=1S/C75H54N2/c1-75(2)60-33-16-15-30-55(43-60)65-48-67-64-36-19-20-37-72(64)77(73(67)49-69(65)75)61-40-38-53(39-41-61)66-44-58(50-22-7-3-8-23-50)45-68(63-35-18-17-34-62(63)52-26-11-5-12-27-52)74(66)57-32-21-31-56(42-57)71-47-59(51-24-9-4-10-25-51)46-70(76-71)54-28-13-6-14-29-54/h3-49,55H,1-2H3. The molecule has 0 saturated heterocycles. The molecule has 10 aromatic carbocycles. The van der Waals surface area contributed by atoms with Crippen LogP contribution in [0.2, 0.25) is 0 Å². The molecule has 14 rings (SSSR count). The SMILES string of the molecule is CC1(C)C2=CC(C=CC=C2)c2cc3c4ccccc4n(-c4ccc(-c5cc(-c6ccccc6)cc(-c6ccccc6-c6ccccc6)c5-c5cccc(-c6cc(-c7ccccc7)cc(-c7ccccc7)n6)c5)cc4)c3cc21. The average Bonchev–Trinajstić information content (AvgIpc) is 3.82. The summed E-state index contributed by atoms with van der Waals surface area (Å²) in [5.74, 6) is 0.238. The van der Waals surface area contributed by atoms with Crippen LogP contribution in [0, 0.1) is 0 Å². The van der Waals surface area contributed by atoms with Crippen molar-refractivity contribution in [3.8, 4) is 95.0 Å². The van der Waals surface area contributed by atoms with Crippen molar-refractivity contribution in [2.24, 2.45) is 0 Å². The Bertz CT molecular complexity index is 4250. The normalized spacial score (nSPS) is 14.3. The Morgan fingerprint density at radius 2 is 0.935 bits per heavy atom. The van der Waals surface area contributed by atoms with Crippen LogP contribution < -0.4 is 0 Å². The van der Waals surface area contributed by atoms with Gasteiger partial charge in [-0.25, -0.2) is 4.98 Å². The van der Waals surface area contributed by atoms with Gasteiger partial charge in [-0.1, -0.05) is 238 Å². The molecule has 0 aliphatic heterocycles. The highest BCUT2D eigenvalue weighted by molar-refractivity contribution is 6.10. The number of nitrogens with zero attached hydrogens (tertiary/aromatic N) is 2. The largest absolute Gasteiger partial charge is 0.309 e. The first-order valence-corrected chi connectivity index (χ1v) is 26.8. The molecule has 2 bridgehead atoms. The van der Waals surface area contributed by atoms with Crippen molar-refractivity contribution in [1.82, 2.24) is 9.55 Å². The first kappa shape index (κ1) is 45.9. The van der Waals surface area contributed by atoms with Crippen LogP contribution in [0.1, 0.15) is 30.9 Å². The van der Waals surface area contributed by atoms with E-state index in [0.29, 0.717) is 0 Å². The molecule has 2 aromatic heterocycles. The third-order valence-corrected chi connectivity index (χ3v) is 16.1. The van der Waals surface area contributed by atoms with Crippen LogP contribution in [-0.4, -0.2) is 9.55 Å². The monoisotopic (exact) mass is 982 g/mol. The fourth-order valence-electron chi connectivity index (χ4n) is 12.2. The number of fused-ring (bicyclic) bond motifs is 6. The smallest absolute Gasteiger partial charge is 0.0715 e. The zero-order valence-electron chi connectivity index (χ0n) is 43.1. The summed E-state index contributed by atoms with van der Waals surface area (Å²) in [7, 11) is 0. The summed E-state index contributed by atoms with van der Waals surface area (Å²) in [6.45, 7) is 4.75. The van der Waals surface area contributed by atoms with Gasteiger partial charge in [0.15, 0.2) is 0 Å². The van der Waals surface area contributed by atoms with E-state index in [9.17, 15) is 0 Å². The molecule has 0 saturated carbocycles.